The van der Waals surface area contributed by atoms with Crippen LogP contribution < -0.4 is 5.32 Å². The second kappa shape index (κ2) is 4.74. The van der Waals surface area contributed by atoms with Crippen molar-refractivity contribution in [2.45, 2.75) is 52.5 Å². The van der Waals surface area contributed by atoms with E-state index in [-0.39, 0.29) is 16.9 Å². The lowest BCUT2D eigenvalue weighted by molar-refractivity contribution is -0.138. The van der Waals surface area contributed by atoms with Crippen LogP contribution in [0.25, 0.3) is 0 Å². The maximum Gasteiger partial charge on any atom is 0.242 e. The highest BCUT2D eigenvalue weighted by Crippen LogP contribution is 2.23. The Morgan fingerprint density at radius 2 is 2.00 bits per heavy atom. The van der Waals surface area contributed by atoms with Crippen LogP contribution in [0.2, 0.25) is 0 Å². The van der Waals surface area contributed by atoms with E-state index in [1.54, 1.807) is 0 Å². The first kappa shape index (κ1) is 13.5. The van der Waals surface area contributed by atoms with E-state index in [1.807, 2.05) is 18.9 Å². The molecule has 3 heteroatoms. The maximum absolute atomic E-state index is 12.4. The zero-order chi connectivity index (χ0) is 12.4. The lowest BCUT2D eigenvalue weighted by Crippen LogP contribution is -2.58. The zero-order valence-electron chi connectivity index (χ0n) is 11.4. The third-order valence-corrected chi connectivity index (χ3v) is 3.15. The second-order valence-corrected chi connectivity index (χ2v) is 6.44. The van der Waals surface area contributed by atoms with Crippen LogP contribution in [0.3, 0.4) is 0 Å². The van der Waals surface area contributed by atoms with Crippen molar-refractivity contribution >= 4 is 5.91 Å². The third kappa shape index (κ3) is 3.48. The maximum atomic E-state index is 12.4. The van der Waals surface area contributed by atoms with Gasteiger partial charge < -0.3 is 10.2 Å². The third-order valence-electron chi connectivity index (χ3n) is 3.15. The Kier molecular flexibility index (Phi) is 4.00. The molecule has 0 aromatic carbocycles. The monoisotopic (exact) mass is 226 g/mol. The first-order chi connectivity index (χ1) is 7.25. The number of carbonyl (C=O) groups excluding carboxylic acids is 1. The molecule has 1 unspecified atom stereocenters. The highest BCUT2D eigenvalue weighted by molar-refractivity contribution is 5.85. The summed E-state index contributed by atoms with van der Waals surface area (Å²) in [5.74, 6) is 0.238. The minimum atomic E-state index is -0.335. The summed E-state index contributed by atoms with van der Waals surface area (Å²) in [6.07, 6.45) is 3.30. The van der Waals surface area contributed by atoms with Crippen molar-refractivity contribution in [3.05, 3.63) is 0 Å². The van der Waals surface area contributed by atoms with Crippen LogP contribution in [-0.4, -0.2) is 36.5 Å². The Labute approximate surface area is 99.6 Å². The standard InChI is InChI=1S/C13H26N2O/c1-12(2,3)10-15(5)11(16)13(4)8-6-7-9-14-13/h14H,6-10H2,1-5H3. The summed E-state index contributed by atoms with van der Waals surface area (Å²) in [7, 11) is 1.91. The van der Waals surface area contributed by atoms with E-state index in [9.17, 15) is 4.79 Å². The van der Waals surface area contributed by atoms with Gasteiger partial charge in [0.05, 0.1) is 5.54 Å². The highest BCUT2D eigenvalue weighted by Gasteiger charge is 2.37. The molecule has 1 amide bonds. The van der Waals surface area contributed by atoms with Gasteiger partial charge in [0.25, 0.3) is 0 Å². The van der Waals surface area contributed by atoms with E-state index >= 15 is 0 Å². The van der Waals surface area contributed by atoms with Gasteiger partial charge >= 0.3 is 0 Å². The van der Waals surface area contributed by atoms with Crippen LogP contribution in [-0.2, 0) is 4.79 Å². The van der Waals surface area contributed by atoms with Gasteiger partial charge in [-0.3, -0.25) is 4.79 Å². The van der Waals surface area contributed by atoms with E-state index in [2.05, 4.69) is 26.1 Å². The van der Waals surface area contributed by atoms with Gasteiger partial charge in [-0.15, -0.1) is 0 Å². The fraction of sp³-hybridized carbons (Fsp3) is 0.923. The number of hydrogen-bond donors (Lipinski definition) is 1. The molecule has 0 aromatic heterocycles. The molecule has 1 aliphatic rings. The van der Waals surface area contributed by atoms with Crippen molar-refractivity contribution in [3.63, 3.8) is 0 Å². The summed E-state index contributed by atoms with van der Waals surface area (Å²) in [5.41, 5.74) is -0.173. The predicted octanol–water partition coefficient (Wildman–Crippen LogP) is 2.02. The number of rotatable bonds is 2. The number of amides is 1. The van der Waals surface area contributed by atoms with Crippen LogP contribution in [0.5, 0.6) is 0 Å². The molecular formula is C13H26N2O. The van der Waals surface area contributed by atoms with E-state index in [1.165, 1.54) is 6.42 Å². The van der Waals surface area contributed by atoms with Crippen LogP contribution in [0.4, 0.5) is 0 Å². The number of carbonyl (C=O) groups is 1. The SMILES string of the molecule is CN(CC(C)(C)C)C(=O)C1(C)CCCCN1. The van der Waals surface area contributed by atoms with E-state index in [4.69, 9.17) is 0 Å². The summed E-state index contributed by atoms with van der Waals surface area (Å²) in [5, 5.41) is 3.37. The molecule has 0 bridgehead atoms. The van der Waals surface area contributed by atoms with Crippen LogP contribution in [0.15, 0.2) is 0 Å². The van der Waals surface area contributed by atoms with Crippen LogP contribution in [0.1, 0.15) is 47.0 Å². The van der Waals surface area contributed by atoms with E-state index in [0.29, 0.717) is 0 Å². The number of hydrogen-bond acceptors (Lipinski definition) is 2. The molecule has 1 rings (SSSR count). The lowest BCUT2D eigenvalue weighted by atomic mass is 9.88. The number of piperidine rings is 1. The Hall–Kier alpha value is -0.570. The molecule has 1 heterocycles. The van der Waals surface area contributed by atoms with Crippen LogP contribution >= 0.6 is 0 Å². The Bertz CT molecular complexity index is 249. The van der Waals surface area contributed by atoms with Crippen molar-refractivity contribution < 1.29 is 4.79 Å². The summed E-state index contributed by atoms with van der Waals surface area (Å²) in [6.45, 7) is 10.3. The van der Waals surface area contributed by atoms with Gasteiger partial charge in [0.2, 0.25) is 5.91 Å². The Morgan fingerprint density at radius 3 is 2.44 bits per heavy atom. The first-order valence-corrected chi connectivity index (χ1v) is 6.25. The number of nitrogens with zero attached hydrogens (tertiary/aromatic N) is 1. The van der Waals surface area contributed by atoms with Gasteiger partial charge in [0.15, 0.2) is 0 Å². The van der Waals surface area contributed by atoms with Crippen molar-refractivity contribution in [1.29, 1.82) is 0 Å². The molecule has 3 nitrogen and oxygen atoms in total. The molecule has 0 radical (unpaired) electrons. The van der Waals surface area contributed by atoms with Crippen molar-refractivity contribution in [3.8, 4) is 0 Å². The molecule has 1 saturated heterocycles. The number of likely N-dealkylation sites (N-methyl/N-ethyl adjacent to an activating group) is 1. The minimum absolute atomic E-state index is 0.162. The van der Waals surface area contributed by atoms with Crippen molar-refractivity contribution in [2.75, 3.05) is 20.1 Å². The van der Waals surface area contributed by atoms with E-state index < -0.39 is 0 Å². The van der Waals surface area contributed by atoms with Gasteiger partial charge in [-0.25, -0.2) is 0 Å². The van der Waals surface area contributed by atoms with Gasteiger partial charge in [-0.1, -0.05) is 20.8 Å². The average molecular weight is 226 g/mol. The topological polar surface area (TPSA) is 32.3 Å². The first-order valence-electron chi connectivity index (χ1n) is 6.25. The lowest BCUT2D eigenvalue weighted by Gasteiger charge is -2.38. The van der Waals surface area contributed by atoms with Gasteiger partial charge in [-0.05, 0) is 38.1 Å². The number of nitrogens with one attached hydrogen (secondary N) is 1. The van der Waals surface area contributed by atoms with Crippen molar-refractivity contribution in [1.82, 2.24) is 10.2 Å². The van der Waals surface area contributed by atoms with Gasteiger partial charge in [-0.2, -0.15) is 0 Å². The largest absolute Gasteiger partial charge is 0.344 e. The van der Waals surface area contributed by atoms with Crippen LogP contribution in [0, 0.1) is 5.41 Å². The summed E-state index contributed by atoms with van der Waals surface area (Å²) in [4.78, 5) is 14.2. The van der Waals surface area contributed by atoms with Crippen molar-refractivity contribution in [2.24, 2.45) is 5.41 Å². The predicted molar refractivity (Wildman–Crippen MR) is 67.4 cm³/mol. The smallest absolute Gasteiger partial charge is 0.242 e. The molecular weight excluding hydrogens is 200 g/mol. The summed E-state index contributed by atoms with van der Waals surface area (Å²) in [6, 6.07) is 0. The van der Waals surface area contributed by atoms with E-state index in [0.717, 1.165) is 25.9 Å². The molecule has 1 aliphatic heterocycles. The fourth-order valence-electron chi connectivity index (χ4n) is 2.44. The summed E-state index contributed by atoms with van der Waals surface area (Å²) < 4.78 is 0. The highest BCUT2D eigenvalue weighted by atomic mass is 16.2. The molecule has 1 fully saturated rings. The molecule has 0 spiro atoms. The normalized spacial score (nSPS) is 26.6. The molecule has 1 N–H and O–H groups in total. The van der Waals surface area contributed by atoms with Gasteiger partial charge in [0.1, 0.15) is 0 Å². The molecule has 0 aliphatic carbocycles. The molecule has 0 aromatic rings. The molecule has 16 heavy (non-hydrogen) atoms. The van der Waals surface area contributed by atoms with Gasteiger partial charge in [0, 0.05) is 13.6 Å². The molecule has 1 atom stereocenters. The minimum Gasteiger partial charge on any atom is -0.344 e. The molecule has 0 saturated carbocycles. The fourth-order valence-corrected chi connectivity index (χ4v) is 2.44. The zero-order valence-corrected chi connectivity index (χ0v) is 11.4. The average Bonchev–Trinajstić information content (AvgIpc) is 2.15. The summed E-state index contributed by atoms with van der Waals surface area (Å²) >= 11 is 0. The Morgan fingerprint density at radius 1 is 1.38 bits per heavy atom. The molecule has 94 valence electrons. The quantitative estimate of drug-likeness (QED) is 0.781. The Balaban J connectivity index is 2.62. The second-order valence-electron chi connectivity index (χ2n) is 6.44.